The third kappa shape index (κ3) is 4.81. The molecular formula is C18H23NO3S. The molecule has 0 aromatic heterocycles. The zero-order valence-electron chi connectivity index (χ0n) is 13.7. The molecule has 0 bridgehead atoms. The van der Waals surface area contributed by atoms with Gasteiger partial charge < -0.3 is 4.74 Å². The molecule has 4 nitrogen and oxygen atoms in total. The van der Waals surface area contributed by atoms with E-state index in [2.05, 4.69) is 4.72 Å². The number of ether oxygens (including phenoxy) is 1. The van der Waals surface area contributed by atoms with Crippen LogP contribution in [-0.2, 0) is 15.8 Å². The lowest BCUT2D eigenvalue weighted by Crippen LogP contribution is -2.29. The second-order valence-electron chi connectivity index (χ2n) is 5.54. The summed E-state index contributed by atoms with van der Waals surface area (Å²) in [6, 6.07) is 14.8. The van der Waals surface area contributed by atoms with Gasteiger partial charge in [0.25, 0.3) is 0 Å². The van der Waals surface area contributed by atoms with Crippen molar-refractivity contribution in [2.75, 3.05) is 7.11 Å². The fourth-order valence-corrected chi connectivity index (χ4v) is 4.01. The second-order valence-corrected chi connectivity index (χ2v) is 7.29. The summed E-state index contributed by atoms with van der Waals surface area (Å²) < 4.78 is 32.9. The van der Waals surface area contributed by atoms with E-state index in [1.165, 1.54) is 0 Å². The van der Waals surface area contributed by atoms with Crippen molar-refractivity contribution in [3.8, 4) is 5.75 Å². The van der Waals surface area contributed by atoms with Crippen molar-refractivity contribution in [1.29, 1.82) is 0 Å². The third-order valence-electron chi connectivity index (χ3n) is 3.86. The molecule has 124 valence electrons. The van der Waals surface area contributed by atoms with Crippen LogP contribution in [0.25, 0.3) is 0 Å². The zero-order valence-corrected chi connectivity index (χ0v) is 14.6. The van der Waals surface area contributed by atoms with Crippen LogP contribution >= 0.6 is 0 Å². The van der Waals surface area contributed by atoms with Gasteiger partial charge in [-0.2, -0.15) is 0 Å². The quantitative estimate of drug-likeness (QED) is 0.843. The van der Waals surface area contributed by atoms with Crippen LogP contribution in [0, 0.1) is 6.92 Å². The highest BCUT2D eigenvalue weighted by molar-refractivity contribution is 7.88. The van der Waals surface area contributed by atoms with Crippen molar-refractivity contribution in [3.05, 3.63) is 65.2 Å². The maximum atomic E-state index is 12.5. The number of hydrogen-bond donors (Lipinski definition) is 1. The van der Waals surface area contributed by atoms with Crippen LogP contribution in [0.15, 0.2) is 48.5 Å². The lowest BCUT2D eigenvalue weighted by atomic mass is 10.1. The van der Waals surface area contributed by atoms with Gasteiger partial charge in [-0.3, -0.25) is 0 Å². The topological polar surface area (TPSA) is 55.4 Å². The van der Waals surface area contributed by atoms with Gasteiger partial charge in [-0.25, -0.2) is 13.1 Å². The van der Waals surface area contributed by atoms with Gasteiger partial charge in [0.05, 0.1) is 12.9 Å². The molecular weight excluding hydrogens is 310 g/mol. The number of hydrogen-bond acceptors (Lipinski definition) is 3. The molecule has 0 spiro atoms. The Kier molecular flexibility index (Phi) is 5.80. The molecule has 0 unspecified atom stereocenters. The summed E-state index contributed by atoms with van der Waals surface area (Å²) in [4.78, 5) is 0. The summed E-state index contributed by atoms with van der Waals surface area (Å²) >= 11 is 0. The molecule has 23 heavy (non-hydrogen) atoms. The smallest absolute Gasteiger partial charge is 0.216 e. The van der Waals surface area contributed by atoms with Crippen LogP contribution in [0.3, 0.4) is 0 Å². The minimum absolute atomic E-state index is 0.00761. The molecule has 0 fully saturated rings. The molecule has 0 heterocycles. The summed E-state index contributed by atoms with van der Waals surface area (Å²) in [6.45, 7) is 3.89. The van der Waals surface area contributed by atoms with Crippen molar-refractivity contribution in [2.24, 2.45) is 0 Å². The second kappa shape index (κ2) is 7.62. The molecule has 0 radical (unpaired) electrons. The molecule has 1 atom stereocenters. The van der Waals surface area contributed by atoms with E-state index in [1.54, 1.807) is 7.11 Å². The highest BCUT2D eigenvalue weighted by atomic mass is 32.2. The Bertz CT molecular complexity index is 739. The molecule has 0 aliphatic heterocycles. The fourth-order valence-electron chi connectivity index (χ4n) is 2.46. The first-order valence-electron chi connectivity index (χ1n) is 7.63. The van der Waals surface area contributed by atoms with Crippen molar-refractivity contribution < 1.29 is 13.2 Å². The minimum atomic E-state index is -3.41. The zero-order chi connectivity index (χ0) is 16.9. The Morgan fingerprint density at radius 3 is 2.30 bits per heavy atom. The van der Waals surface area contributed by atoms with E-state index in [4.69, 9.17) is 4.74 Å². The summed E-state index contributed by atoms with van der Waals surface area (Å²) in [6.07, 6.45) is 0.680. The number of sulfonamides is 1. The Balaban J connectivity index is 2.14. The van der Waals surface area contributed by atoms with Gasteiger partial charge in [0.1, 0.15) is 5.75 Å². The Hall–Kier alpha value is -1.85. The standard InChI is InChI=1S/C18H23NO3S/c1-4-18(15-9-11-17(22-3)12-10-15)19-23(20,21)13-16-8-6-5-7-14(16)2/h5-12,18-19H,4,13H2,1-3H3/t18-/m0/s1. The molecule has 0 saturated heterocycles. The molecule has 0 amide bonds. The van der Waals surface area contributed by atoms with E-state index in [0.717, 1.165) is 22.4 Å². The maximum absolute atomic E-state index is 12.5. The van der Waals surface area contributed by atoms with Gasteiger partial charge in [-0.05, 0) is 42.2 Å². The van der Waals surface area contributed by atoms with E-state index in [0.29, 0.717) is 6.42 Å². The predicted octanol–water partition coefficient (Wildman–Crippen LogP) is 3.57. The van der Waals surface area contributed by atoms with E-state index in [-0.39, 0.29) is 11.8 Å². The van der Waals surface area contributed by atoms with Gasteiger partial charge in [0, 0.05) is 6.04 Å². The normalized spacial score (nSPS) is 12.8. The number of rotatable bonds is 7. The largest absolute Gasteiger partial charge is 0.497 e. The van der Waals surface area contributed by atoms with Crippen molar-refractivity contribution in [1.82, 2.24) is 4.72 Å². The van der Waals surface area contributed by atoms with Gasteiger partial charge in [0.15, 0.2) is 0 Å². The first-order valence-corrected chi connectivity index (χ1v) is 9.29. The molecule has 0 aliphatic carbocycles. The van der Waals surface area contributed by atoms with Gasteiger partial charge in [-0.1, -0.05) is 43.3 Å². The van der Waals surface area contributed by atoms with Crippen LogP contribution in [0.4, 0.5) is 0 Å². The highest BCUT2D eigenvalue weighted by Crippen LogP contribution is 2.22. The Morgan fingerprint density at radius 2 is 1.74 bits per heavy atom. The van der Waals surface area contributed by atoms with E-state index in [1.807, 2.05) is 62.4 Å². The summed E-state index contributed by atoms with van der Waals surface area (Å²) in [5.74, 6) is 0.748. The van der Waals surface area contributed by atoms with Crippen LogP contribution in [0.2, 0.25) is 0 Å². The predicted molar refractivity (Wildman–Crippen MR) is 93.0 cm³/mol. The average molecular weight is 333 g/mol. The van der Waals surface area contributed by atoms with E-state index >= 15 is 0 Å². The highest BCUT2D eigenvalue weighted by Gasteiger charge is 2.19. The number of benzene rings is 2. The number of nitrogens with one attached hydrogen (secondary N) is 1. The molecule has 2 aromatic carbocycles. The first kappa shape index (κ1) is 17.5. The molecule has 5 heteroatoms. The summed E-state index contributed by atoms with van der Waals surface area (Å²) in [5.41, 5.74) is 2.74. The minimum Gasteiger partial charge on any atom is -0.497 e. The Morgan fingerprint density at radius 1 is 1.09 bits per heavy atom. The Labute approximate surface area is 138 Å². The lowest BCUT2D eigenvalue weighted by molar-refractivity contribution is 0.414. The molecule has 2 aromatic rings. The number of methoxy groups -OCH3 is 1. The average Bonchev–Trinajstić information content (AvgIpc) is 2.55. The maximum Gasteiger partial charge on any atom is 0.216 e. The van der Waals surface area contributed by atoms with E-state index in [9.17, 15) is 8.42 Å². The molecule has 0 aliphatic rings. The first-order chi connectivity index (χ1) is 10.9. The molecule has 2 rings (SSSR count). The van der Waals surface area contributed by atoms with Crippen molar-refractivity contribution in [3.63, 3.8) is 0 Å². The van der Waals surface area contributed by atoms with Gasteiger partial charge in [-0.15, -0.1) is 0 Å². The van der Waals surface area contributed by atoms with Crippen LogP contribution in [0.5, 0.6) is 5.75 Å². The van der Waals surface area contributed by atoms with Gasteiger partial charge >= 0.3 is 0 Å². The van der Waals surface area contributed by atoms with Crippen LogP contribution in [-0.4, -0.2) is 15.5 Å². The van der Waals surface area contributed by atoms with Crippen LogP contribution < -0.4 is 9.46 Å². The molecule has 1 N–H and O–H groups in total. The van der Waals surface area contributed by atoms with E-state index < -0.39 is 10.0 Å². The SMILES string of the molecule is CC[C@H](NS(=O)(=O)Cc1ccccc1C)c1ccc(OC)cc1. The lowest BCUT2D eigenvalue weighted by Gasteiger charge is -2.18. The van der Waals surface area contributed by atoms with Gasteiger partial charge in [0.2, 0.25) is 10.0 Å². The fraction of sp³-hybridized carbons (Fsp3) is 0.333. The monoisotopic (exact) mass is 333 g/mol. The third-order valence-corrected chi connectivity index (χ3v) is 5.19. The van der Waals surface area contributed by atoms with Crippen molar-refractivity contribution >= 4 is 10.0 Å². The number of aryl methyl sites for hydroxylation is 1. The van der Waals surface area contributed by atoms with Crippen molar-refractivity contribution in [2.45, 2.75) is 32.1 Å². The summed E-state index contributed by atoms with van der Waals surface area (Å²) in [5, 5.41) is 0. The van der Waals surface area contributed by atoms with Crippen LogP contribution in [0.1, 0.15) is 36.1 Å². The summed E-state index contributed by atoms with van der Waals surface area (Å²) in [7, 11) is -1.81. The molecule has 0 saturated carbocycles.